The first-order valence-electron chi connectivity index (χ1n) is 10.9. The van der Waals surface area contributed by atoms with Gasteiger partial charge < -0.3 is 19.9 Å². The van der Waals surface area contributed by atoms with Crippen molar-refractivity contribution in [3.05, 3.63) is 39.7 Å². The third-order valence-electron chi connectivity index (χ3n) is 7.31. The summed E-state index contributed by atoms with van der Waals surface area (Å²) in [6.07, 6.45) is 4.29. The Morgan fingerprint density at radius 1 is 1.37 bits per heavy atom. The fraction of sp³-hybridized carbons (Fsp3) is 0.565. The Kier molecular flexibility index (Phi) is 4.43. The number of hydrogen-bond donors (Lipinski definition) is 2. The molecule has 3 atom stereocenters. The molecule has 2 saturated carbocycles. The van der Waals surface area contributed by atoms with E-state index in [1.807, 2.05) is 13.0 Å². The minimum Gasteiger partial charge on any atom is -0.477 e. The van der Waals surface area contributed by atoms with Gasteiger partial charge in [0.2, 0.25) is 5.43 Å². The molecule has 1 saturated heterocycles. The summed E-state index contributed by atoms with van der Waals surface area (Å²) in [5.74, 6) is -0.670. The van der Waals surface area contributed by atoms with Crippen molar-refractivity contribution in [2.24, 2.45) is 5.92 Å². The van der Waals surface area contributed by atoms with Gasteiger partial charge in [-0.25, -0.2) is 9.18 Å². The standard InChI is InChI=1S/C23H28FN3O3/c1-3-25-23(7-8-23)14-6-9-26(11-14)18-5-4-15-20(13(18)2)27(19-10-17(19)24)12-16(21(15)28)22(29)30/h4-5,12,14,17,19,25H,3,6-11H2,1-2H3,(H,29,30)/t14-,17-,19-/m1/s1. The molecule has 3 fully saturated rings. The number of pyridine rings is 1. The average molecular weight is 413 g/mol. The van der Waals surface area contributed by atoms with Crippen LogP contribution in [0.25, 0.3) is 10.9 Å². The lowest BCUT2D eigenvalue weighted by Gasteiger charge is -2.26. The fourth-order valence-electron chi connectivity index (χ4n) is 5.46. The summed E-state index contributed by atoms with van der Waals surface area (Å²) >= 11 is 0. The molecule has 0 amide bonds. The number of benzene rings is 1. The van der Waals surface area contributed by atoms with Crippen LogP contribution in [-0.2, 0) is 0 Å². The highest BCUT2D eigenvalue weighted by Gasteiger charge is 2.50. The number of carbonyl (C=O) groups is 1. The van der Waals surface area contributed by atoms with Crippen LogP contribution in [0.5, 0.6) is 0 Å². The molecule has 2 heterocycles. The second-order valence-electron chi connectivity index (χ2n) is 9.13. The molecular formula is C23H28FN3O3. The molecule has 1 aliphatic heterocycles. The maximum Gasteiger partial charge on any atom is 0.341 e. The number of halogens is 1. The largest absolute Gasteiger partial charge is 0.477 e. The predicted molar refractivity (Wildman–Crippen MR) is 114 cm³/mol. The monoisotopic (exact) mass is 413 g/mol. The number of alkyl halides is 1. The van der Waals surface area contributed by atoms with Gasteiger partial charge >= 0.3 is 5.97 Å². The highest BCUT2D eigenvalue weighted by atomic mass is 19.1. The van der Waals surface area contributed by atoms with Crippen molar-refractivity contribution in [3.63, 3.8) is 0 Å². The van der Waals surface area contributed by atoms with E-state index >= 15 is 0 Å². The normalized spacial score (nSPS) is 26.9. The molecule has 2 aromatic rings. The topological polar surface area (TPSA) is 74.6 Å². The van der Waals surface area contributed by atoms with Crippen molar-refractivity contribution in [1.29, 1.82) is 0 Å². The van der Waals surface area contributed by atoms with Crippen molar-refractivity contribution < 1.29 is 14.3 Å². The van der Waals surface area contributed by atoms with Crippen LogP contribution in [0.4, 0.5) is 10.1 Å². The van der Waals surface area contributed by atoms with Crippen LogP contribution < -0.4 is 15.6 Å². The lowest BCUT2D eigenvalue weighted by atomic mass is 9.96. The SMILES string of the molecule is CCNC1([C@@H]2CCN(c3ccc4c(=O)c(C(=O)O)cn([C@@H]5C[C@H]5F)c4c3C)C2)CC1. The first-order chi connectivity index (χ1) is 14.4. The van der Waals surface area contributed by atoms with E-state index in [0.29, 0.717) is 23.2 Å². The van der Waals surface area contributed by atoms with Gasteiger partial charge in [0.15, 0.2) is 0 Å². The van der Waals surface area contributed by atoms with Gasteiger partial charge in [-0.3, -0.25) is 4.79 Å². The summed E-state index contributed by atoms with van der Waals surface area (Å²) in [7, 11) is 0. The molecule has 1 aromatic heterocycles. The molecule has 5 rings (SSSR count). The van der Waals surface area contributed by atoms with Crippen LogP contribution in [-0.4, -0.2) is 47.0 Å². The van der Waals surface area contributed by atoms with Crippen molar-refractivity contribution >= 4 is 22.6 Å². The number of carboxylic acids is 1. The Balaban J connectivity index is 1.57. The van der Waals surface area contributed by atoms with Crippen LogP contribution in [0.1, 0.15) is 54.6 Å². The van der Waals surface area contributed by atoms with Crippen LogP contribution >= 0.6 is 0 Å². The van der Waals surface area contributed by atoms with Crippen molar-refractivity contribution in [2.75, 3.05) is 24.5 Å². The van der Waals surface area contributed by atoms with E-state index in [2.05, 4.69) is 17.1 Å². The molecule has 1 aromatic carbocycles. The minimum absolute atomic E-state index is 0.280. The number of nitrogens with zero attached hydrogens (tertiary/aromatic N) is 2. The predicted octanol–water partition coefficient (Wildman–Crippen LogP) is 3.26. The number of anilines is 1. The van der Waals surface area contributed by atoms with Crippen molar-refractivity contribution in [3.8, 4) is 0 Å². The zero-order chi connectivity index (χ0) is 21.2. The Hall–Kier alpha value is -2.41. The van der Waals surface area contributed by atoms with Crippen molar-refractivity contribution in [2.45, 2.75) is 57.3 Å². The lowest BCUT2D eigenvalue weighted by Crippen LogP contribution is -2.40. The summed E-state index contributed by atoms with van der Waals surface area (Å²) in [5, 5.41) is 13.5. The third-order valence-corrected chi connectivity index (χ3v) is 7.31. The smallest absolute Gasteiger partial charge is 0.341 e. The molecule has 0 radical (unpaired) electrons. The molecule has 6 nitrogen and oxygen atoms in total. The molecular weight excluding hydrogens is 385 g/mol. The molecule has 3 aliphatic rings. The first kappa shape index (κ1) is 19.5. The maximum absolute atomic E-state index is 14.0. The Labute approximate surface area is 174 Å². The van der Waals surface area contributed by atoms with E-state index in [4.69, 9.17) is 0 Å². The Morgan fingerprint density at radius 2 is 2.10 bits per heavy atom. The van der Waals surface area contributed by atoms with Gasteiger partial charge in [-0.2, -0.15) is 0 Å². The second kappa shape index (κ2) is 6.80. The number of rotatable bonds is 6. The van der Waals surface area contributed by atoms with Gasteiger partial charge in [0.05, 0.1) is 11.6 Å². The third kappa shape index (κ3) is 2.94. The maximum atomic E-state index is 14.0. The van der Waals surface area contributed by atoms with Crippen LogP contribution in [0.2, 0.25) is 0 Å². The van der Waals surface area contributed by atoms with Crippen LogP contribution in [0, 0.1) is 12.8 Å². The summed E-state index contributed by atoms with van der Waals surface area (Å²) in [6, 6.07) is 3.27. The van der Waals surface area contributed by atoms with E-state index in [0.717, 1.165) is 37.3 Å². The summed E-state index contributed by atoms with van der Waals surface area (Å²) < 4.78 is 15.6. The quantitative estimate of drug-likeness (QED) is 0.760. The number of carboxylic acid groups (broad SMARTS) is 1. The lowest BCUT2D eigenvalue weighted by molar-refractivity contribution is 0.0694. The molecule has 0 bridgehead atoms. The zero-order valence-electron chi connectivity index (χ0n) is 17.4. The number of nitrogens with one attached hydrogen (secondary N) is 1. The molecule has 30 heavy (non-hydrogen) atoms. The number of aryl methyl sites for hydroxylation is 1. The van der Waals surface area contributed by atoms with Gasteiger partial charge in [0, 0.05) is 42.3 Å². The molecule has 160 valence electrons. The van der Waals surface area contributed by atoms with Crippen LogP contribution in [0.3, 0.4) is 0 Å². The van der Waals surface area contributed by atoms with E-state index in [1.165, 1.54) is 19.0 Å². The molecule has 0 spiro atoms. The molecule has 2 aliphatic carbocycles. The van der Waals surface area contributed by atoms with Gasteiger partial charge in [-0.1, -0.05) is 6.92 Å². The second-order valence-corrected chi connectivity index (χ2v) is 9.13. The minimum atomic E-state index is -1.27. The zero-order valence-corrected chi connectivity index (χ0v) is 17.4. The van der Waals surface area contributed by atoms with Crippen LogP contribution in [0.15, 0.2) is 23.1 Å². The first-order valence-corrected chi connectivity index (χ1v) is 10.9. The van der Waals surface area contributed by atoms with Crippen molar-refractivity contribution in [1.82, 2.24) is 9.88 Å². The van der Waals surface area contributed by atoms with E-state index in [9.17, 15) is 19.1 Å². The molecule has 7 heteroatoms. The summed E-state index contributed by atoms with van der Waals surface area (Å²) in [5.41, 5.74) is 2.14. The fourth-order valence-corrected chi connectivity index (χ4v) is 5.46. The van der Waals surface area contributed by atoms with Gasteiger partial charge in [-0.05, 0) is 56.3 Å². The number of hydrogen-bond acceptors (Lipinski definition) is 4. The van der Waals surface area contributed by atoms with Gasteiger partial charge in [0.1, 0.15) is 11.7 Å². The number of fused-ring (bicyclic) bond motifs is 1. The van der Waals surface area contributed by atoms with E-state index < -0.39 is 23.6 Å². The number of aromatic carboxylic acids is 1. The average Bonchev–Trinajstić information content (AvgIpc) is 3.59. The summed E-state index contributed by atoms with van der Waals surface area (Å²) in [6.45, 7) is 7.02. The molecule has 0 unspecified atom stereocenters. The summed E-state index contributed by atoms with van der Waals surface area (Å²) in [4.78, 5) is 26.7. The Bertz CT molecular complexity index is 1090. The Morgan fingerprint density at radius 3 is 2.70 bits per heavy atom. The van der Waals surface area contributed by atoms with E-state index in [-0.39, 0.29) is 11.1 Å². The highest BCUT2D eigenvalue weighted by molar-refractivity contribution is 5.95. The number of aromatic nitrogens is 1. The highest BCUT2D eigenvalue weighted by Crippen LogP contribution is 2.47. The van der Waals surface area contributed by atoms with Gasteiger partial charge in [0.25, 0.3) is 0 Å². The van der Waals surface area contributed by atoms with E-state index in [1.54, 1.807) is 10.6 Å². The van der Waals surface area contributed by atoms with Gasteiger partial charge in [-0.15, -0.1) is 0 Å². The molecule has 2 N–H and O–H groups in total.